The van der Waals surface area contributed by atoms with Crippen molar-refractivity contribution in [2.24, 2.45) is 0 Å². The third-order valence-electron chi connectivity index (χ3n) is 4.52. The van der Waals surface area contributed by atoms with Crippen LogP contribution < -0.4 is 5.32 Å². The zero-order chi connectivity index (χ0) is 21.5. The highest BCUT2D eigenvalue weighted by molar-refractivity contribution is 7.98. The Balaban J connectivity index is 1.55. The fourth-order valence-corrected chi connectivity index (χ4v) is 4.68. The molecule has 1 N–H and O–H groups in total. The monoisotopic (exact) mass is 440 g/mol. The van der Waals surface area contributed by atoms with Gasteiger partial charge in [-0.15, -0.1) is 23.1 Å². The van der Waals surface area contributed by atoms with Crippen LogP contribution in [0.4, 0.5) is 0 Å². The Bertz CT molecular complexity index is 1030. The van der Waals surface area contributed by atoms with Crippen molar-refractivity contribution < 1.29 is 14.3 Å². The van der Waals surface area contributed by atoms with Crippen molar-refractivity contribution in [3.05, 3.63) is 81.3 Å². The van der Waals surface area contributed by atoms with E-state index in [0.29, 0.717) is 11.3 Å². The third kappa shape index (κ3) is 5.93. The van der Waals surface area contributed by atoms with Gasteiger partial charge in [0.25, 0.3) is 5.91 Å². The van der Waals surface area contributed by atoms with Gasteiger partial charge >= 0.3 is 5.97 Å². The SMILES string of the molecule is Cc1nc(CSc2ccccc2C(=O)OCC(=O)NC(C)c2ccccc2C)cs1. The summed E-state index contributed by atoms with van der Waals surface area (Å²) in [6.45, 7) is 5.56. The van der Waals surface area contributed by atoms with Crippen molar-refractivity contribution in [3.8, 4) is 0 Å². The van der Waals surface area contributed by atoms with E-state index in [-0.39, 0.29) is 18.6 Å². The van der Waals surface area contributed by atoms with Gasteiger partial charge in [-0.2, -0.15) is 0 Å². The number of carbonyl (C=O) groups excluding carboxylic acids is 2. The average molecular weight is 441 g/mol. The number of thioether (sulfide) groups is 1. The molecule has 0 aliphatic carbocycles. The van der Waals surface area contributed by atoms with E-state index < -0.39 is 5.97 Å². The fourth-order valence-electron chi connectivity index (χ4n) is 3.03. The summed E-state index contributed by atoms with van der Waals surface area (Å²) in [6, 6.07) is 15.0. The lowest BCUT2D eigenvalue weighted by atomic mass is 10.0. The first-order valence-electron chi connectivity index (χ1n) is 9.59. The summed E-state index contributed by atoms with van der Waals surface area (Å²) in [5, 5.41) is 5.91. The predicted molar refractivity (Wildman–Crippen MR) is 121 cm³/mol. The Kier molecular flexibility index (Phi) is 7.65. The Morgan fingerprint density at radius 1 is 1.13 bits per heavy atom. The number of amides is 1. The van der Waals surface area contributed by atoms with Gasteiger partial charge in [0, 0.05) is 16.0 Å². The van der Waals surface area contributed by atoms with Crippen molar-refractivity contribution in [2.75, 3.05) is 6.61 Å². The molecule has 0 radical (unpaired) electrons. The molecule has 156 valence electrons. The van der Waals surface area contributed by atoms with Gasteiger partial charge in [0.15, 0.2) is 6.61 Å². The summed E-state index contributed by atoms with van der Waals surface area (Å²) in [5.41, 5.74) is 3.57. The summed E-state index contributed by atoms with van der Waals surface area (Å²) in [4.78, 5) is 30.1. The second kappa shape index (κ2) is 10.4. The number of ether oxygens (including phenoxy) is 1. The first kappa shape index (κ1) is 22.1. The molecule has 1 heterocycles. The van der Waals surface area contributed by atoms with E-state index in [9.17, 15) is 9.59 Å². The van der Waals surface area contributed by atoms with Crippen LogP contribution in [0.25, 0.3) is 0 Å². The molecule has 0 fully saturated rings. The maximum Gasteiger partial charge on any atom is 0.339 e. The first-order chi connectivity index (χ1) is 14.4. The number of esters is 1. The van der Waals surface area contributed by atoms with E-state index in [1.54, 1.807) is 23.5 Å². The van der Waals surface area contributed by atoms with Gasteiger partial charge < -0.3 is 10.1 Å². The van der Waals surface area contributed by atoms with Crippen LogP contribution >= 0.6 is 23.1 Å². The number of nitrogens with one attached hydrogen (secondary N) is 1. The molecule has 0 saturated carbocycles. The number of aromatic nitrogens is 1. The number of hydrogen-bond acceptors (Lipinski definition) is 6. The summed E-state index contributed by atoms with van der Waals surface area (Å²) < 4.78 is 5.28. The molecule has 0 aliphatic heterocycles. The molecule has 2 aromatic carbocycles. The molecule has 1 unspecified atom stereocenters. The molecule has 5 nitrogen and oxygen atoms in total. The van der Waals surface area contributed by atoms with Gasteiger partial charge in [-0.1, -0.05) is 36.4 Å². The predicted octanol–water partition coefficient (Wildman–Crippen LogP) is 5.09. The molecular formula is C23H24N2O3S2. The minimum absolute atomic E-state index is 0.165. The van der Waals surface area contributed by atoms with E-state index in [2.05, 4.69) is 10.3 Å². The number of aryl methyl sites for hydroxylation is 2. The molecule has 0 bridgehead atoms. The Morgan fingerprint density at radius 2 is 1.87 bits per heavy atom. The molecule has 3 aromatic rings. The zero-order valence-electron chi connectivity index (χ0n) is 17.2. The van der Waals surface area contributed by atoms with Crippen molar-refractivity contribution >= 4 is 35.0 Å². The summed E-state index contributed by atoms with van der Waals surface area (Å²) in [6.07, 6.45) is 0. The Morgan fingerprint density at radius 3 is 2.60 bits per heavy atom. The normalized spacial score (nSPS) is 11.7. The van der Waals surface area contributed by atoms with Crippen LogP contribution in [0.15, 0.2) is 58.8 Å². The van der Waals surface area contributed by atoms with Crippen LogP contribution in [-0.2, 0) is 15.3 Å². The second-order valence-corrected chi connectivity index (χ2v) is 8.94. The highest BCUT2D eigenvalue weighted by Crippen LogP contribution is 2.27. The Hall–Kier alpha value is -2.64. The van der Waals surface area contributed by atoms with Gasteiger partial charge in [0.05, 0.1) is 22.3 Å². The average Bonchev–Trinajstić information content (AvgIpc) is 3.16. The van der Waals surface area contributed by atoms with Crippen molar-refractivity contribution in [1.82, 2.24) is 10.3 Å². The number of hydrogen-bond donors (Lipinski definition) is 1. The van der Waals surface area contributed by atoms with Crippen LogP contribution in [0.1, 0.15) is 45.2 Å². The summed E-state index contributed by atoms with van der Waals surface area (Å²) in [5.74, 6) is -0.170. The van der Waals surface area contributed by atoms with Crippen LogP contribution in [-0.4, -0.2) is 23.5 Å². The zero-order valence-corrected chi connectivity index (χ0v) is 18.8. The topological polar surface area (TPSA) is 68.3 Å². The van der Waals surface area contributed by atoms with Crippen LogP contribution in [0, 0.1) is 13.8 Å². The lowest BCUT2D eigenvalue weighted by Crippen LogP contribution is -2.31. The molecule has 3 rings (SSSR count). The lowest BCUT2D eigenvalue weighted by molar-refractivity contribution is -0.124. The molecule has 1 aromatic heterocycles. The van der Waals surface area contributed by atoms with E-state index >= 15 is 0 Å². The van der Waals surface area contributed by atoms with E-state index in [4.69, 9.17) is 4.74 Å². The summed E-state index contributed by atoms with van der Waals surface area (Å²) in [7, 11) is 0. The highest BCUT2D eigenvalue weighted by Gasteiger charge is 2.17. The molecule has 1 amide bonds. The van der Waals surface area contributed by atoms with E-state index in [1.165, 1.54) is 11.8 Å². The summed E-state index contributed by atoms with van der Waals surface area (Å²) >= 11 is 3.13. The number of benzene rings is 2. The quantitative estimate of drug-likeness (QED) is 0.390. The molecule has 0 aliphatic rings. The maximum atomic E-state index is 12.6. The molecule has 0 saturated heterocycles. The number of rotatable bonds is 8. The van der Waals surface area contributed by atoms with Crippen LogP contribution in [0.5, 0.6) is 0 Å². The number of thiazole rings is 1. The van der Waals surface area contributed by atoms with Gasteiger partial charge in [0.1, 0.15) is 0 Å². The molecular weight excluding hydrogens is 416 g/mol. The van der Waals surface area contributed by atoms with Gasteiger partial charge in [-0.25, -0.2) is 9.78 Å². The fraction of sp³-hybridized carbons (Fsp3) is 0.261. The molecule has 30 heavy (non-hydrogen) atoms. The highest BCUT2D eigenvalue weighted by atomic mass is 32.2. The first-order valence-corrected chi connectivity index (χ1v) is 11.5. The van der Waals surface area contributed by atoms with Crippen molar-refractivity contribution in [3.63, 3.8) is 0 Å². The smallest absolute Gasteiger partial charge is 0.339 e. The molecule has 0 spiro atoms. The number of carbonyl (C=O) groups is 2. The van der Waals surface area contributed by atoms with Gasteiger partial charge in [-0.3, -0.25) is 4.79 Å². The second-order valence-electron chi connectivity index (χ2n) is 6.86. The minimum atomic E-state index is -0.508. The van der Waals surface area contributed by atoms with Crippen molar-refractivity contribution in [2.45, 2.75) is 37.5 Å². The molecule has 1 atom stereocenters. The maximum absolute atomic E-state index is 12.6. The van der Waals surface area contributed by atoms with Crippen LogP contribution in [0.3, 0.4) is 0 Å². The number of nitrogens with zero attached hydrogens (tertiary/aromatic N) is 1. The lowest BCUT2D eigenvalue weighted by Gasteiger charge is -2.16. The van der Waals surface area contributed by atoms with Gasteiger partial charge in [0.2, 0.25) is 0 Å². The minimum Gasteiger partial charge on any atom is -0.452 e. The van der Waals surface area contributed by atoms with Gasteiger partial charge in [-0.05, 0) is 44.0 Å². The molecule has 7 heteroatoms. The van der Waals surface area contributed by atoms with Crippen molar-refractivity contribution in [1.29, 1.82) is 0 Å². The van der Waals surface area contributed by atoms with Crippen LogP contribution in [0.2, 0.25) is 0 Å². The largest absolute Gasteiger partial charge is 0.452 e. The third-order valence-corrected chi connectivity index (χ3v) is 6.45. The Labute approximate surface area is 184 Å². The van der Waals surface area contributed by atoms with E-state index in [0.717, 1.165) is 26.7 Å². The standard InChI is InChI=1S/C23H24N2O3S2/c1-15-8-4-5-9-19(15)16(2)24-22(26)12-28-23(27)20-10-6-7-11-21(20)30-14-18-13-29-17(3)25-18/h4-11,13,16H,12,14H2,1-3H3,(H,24,26). The van der Waals surface area contributed by atoms with E-state index in [1.807, 2.05) is 62.5 Å².